The third-order valence-electron chi connectivity index (χ3n) is 4.73. The molecule has 1 heterocycles. The normalized spacial score (nSPS) is 16.6. The highest BCUT2D eigenvalue weighted by Gasteiger charge is 2.32. The number of ketones is 1. The van der Waals surface area contributed by atoms with Crippen molar-refractivity contribution in [1.29, 1.82) is 0 Å². The molecule has 0 amide bonds. The molecule has 5 heteroatoms. The first kappa shape index (κ1) is 18.4. The highest BCUT2D eigenvalue weighted by molar-refractivity contribution is 6.03. The van der Waals surface area contributed by atoms with Crippen LogP contribution in [0, 0.1) is 6.92 Å². The van der Waals surface area contributed by atoms with Gasteiger partial charge in [0.1, 0.15) is 12.3 Å². The summed E-state index contributed by atoms with van der Waals surface area (Å²) in [5.74, 6) is -0.220. The Balaban J connectivity index is 1.74. The number of ether oxygens (including phenoxy) is 2. The fraction of sp³-hybridized carbons (Fsp3) is 0.429. The summed E-state index contributed by atoms with van der Waals surface area (Å²) in [5.41, 5.74) is 3.70. The molecule has 1 atom stereocenters. The Kier molecular flexibility index (Phi) is 5.57. The van der Waals surface area contributed by atoms with Crippen molar-refractivity contribution in [3.8, 4) is 0 Å². The van der Waals surface area contributed by atoms with E-state index in [-0.39, 0.29) is 24.4 Å². The number of benzene rings is 1. The fourth-order valence-corrected chi connectivity index (χ4v) is 3.49. The maximum Gasteiger partial charge on any atom is 0.355 e. The second-order valence-electron chi connectivity index (χ2n) is 6.97. The maximum atomic E-state index is 12.7. The minimum atomic E-state index is -0.437. The highest BCUT2D eigenvalue weighted by Crippen LogP contribution is 2.35. The van der Waals surface area contributed by atoms with Crippen LogP contribution in [-0.2, 0) is 15.9 Å². The number of aromatic amines is 1. The summed E-state index contributed by atoms with van der Waals surface area (Å²) < 4.78 is 10.7. The first-order valence-electron chi connectivity index (χ1n) is 9.05. The molecule has 0 saturated heterocycles. The highest BCUT2D eigenvalue weighted by atomic mass is 16.6. The lowest BCUT2D eigenvalue weighted by Crippen LogP contribution is -2.18. The summed E-state index contributed by atoms with van der Waals surface area (Å²) in [6.07, 6.45) is 1.28. The molecule has 1 aromatic carbocycles. The van der Waals surface area contributed by atoms with E-state index in [0.717, 1.165) is 17.7 Å². The zero-order valence-corrected chi connectivity index (χ0v) is 15.5. The van der Waals surface area contributed by atoms with Crippen LogP contribution in [-0.4, -0.2) is 36.1 Å². The third-order valence-corrected chi connectivity index (χ3v) is 4.73. The van der Waals surface area contributed by atoms with Gasteiger partial charge in [-0.2, -0.15) is 0 Å². The van der Waals surface area contributed by atoms with Gasteiger partial charge in [-0.15, -0.1) is 0 Å². The zero-order chi connectivity index (χ0) is 18.7. The van der Waals surface area contributed by atoms with E-state index < -0.39 is 5.97 Å². The Morgan fingerprint density at radius 2 is 1.92 bits per heavy atom. The molecule has 0 aliphatic heterocycles. The van der Waals surface area contributed by atoms with Crippen molar-refractivity contribution in [3.05, 3.63) is 58.4 Å². The Morgan fingerprint density at radius 3 is 2.62 bits per heavy atom. The van der Waals surface area contributed by atoms with Gasteiger partial charge in [0.2, 0.25) is 0 Å². The predicted octanol–water partition coefficient (Wildman–Crippen LogP) is 3.82. The van der Waals surface area contributed by atoms with Crippen molar-refractivity contribution < 1.29 is 19.1 Å². The van der Waals surface area contributed by atoms with Crippen molar-refractivity contribution in [1.82, 2.24) is 4.98 Å². The van der Waals surface area contributed by atoms with E-state index in [2.05, 4.69) is 4.98 Å². The molecule has 26 heavy (non-hydrogen) atoms. The van der Waals surface area contributed by atoms with E-state index in [1.165, 1.54) is 0 Å². The molecule has 1 aliphatic rings. The van der Waals surface area contributed by atoms with Crippen LogP contribution in [0.3, 0.4) is 0 Å². The van der Waals surface area contributed by atoms with Crippen LogP contribution >= 0.6 is 0 Å². The van der Waals surface area contributed by atoms with Crippen LogP contribution in [0.2, 0.25) is 0 Å². The van der Waals surface area contributed by atoms with Gasteiger partial charge >= 0.3 is 5.97 Å². The van der Waals surface area contributed by atoms with Gasteiger partial charge in [-0.3, -0.25) is 4.79 Å². The van der Waals surface area contributed by atoms with Crippen LogP contribution in [0.15, 0.2) is 30.3 Å². The minimum Gasteiger partial charge on any atom is -0.459 e. The molecular weight excluding hydrogens is 330 g/mol. The average molecular weight is 355 g/mol. The lowest BCUT2D eigenvalue weighted by Gasteiger charge is -2.22. The van der Waals surface area contributed by atoms with Crippen LogP contribution in [0.4, 0.5) is 0 Å². The maximum absolute atomic E-state index is 12.7. The van der Waals surface area contributed by atoms with E-state index >= 15 is 0 Å². The van der Waals surface area contributed by atoms with E-state index in [1.54, 1.807) is 6.92 Å². The standard InChI is InChI=1S/C21H25NO4/c1-13(2)25-9-10-26-21(24)20-14(3)19-17(22-20)11-16(12-18(19)23)15-7-5-4-6-8-15/h4-8,13,16,22H,9-12H2,1-3H3. The molecule has 1 unspecified atom stereocenters. The molecule has 0 fully saturated rings. The van der Waals surface area contributed by atoms with Gasteiger partial charge in [-0.05, 0) is 44.2 Å². The summed E-state index contributed by atoms with van der Waals surface area (Å²) in [6.45, 7) is 6.22. The van der Waals surface area contributed by atoms with Crippen molar-refractivity contribution in [2.45, 2.75) is 45.6 Å². The number of H-pyrrole nitrogens is 1. The number of aromatic nitrogens is 1. The van der Waals surface area contributed by atoms with Gasteiger partial charge in [0.15, 0.2) is 5.78 Å². The van der Waals surface area contributed by atoms with Crippen molar-refractivity contribution in [3.63, 3.8) is 0 Å². The lowest BCUT2D eigenvalue weighted by molar-refractivity contribution is 0.0172. The second-order valence-corrected chi connectivity index (χ2v) is 6.97. The molecule has 2 aromatic rings. The zero-order valence-electron chi connectivity index (χ0n) is 15.5. The first-order valence-corrected chi connectivity index (χ1v) is 9.05. The molecule has 0 radical (unpaired) electrons. The largest absolute Gasteiger partial charge is 0.459 e. The van der Waals surface area contributed by atoms with Gasteiger partial charge in [0.05, 0.1) is 12.7 Å². The monoisotopic (exact) mass is 355 g/mol. The Morgan fingerprint density at radius 1 is 1.19 bits per heavy atom. The van der Waals surface area contributed by atoms with Gasteiger partial charge in [0, 0.05) is 17.7 Å². The number of fused-ring (bicyclic) bond motifs is 1. The SMILES string of the molecule is Cc1c(C(=O)OCCOC(C)C)[nH]c2c1C(=O)CC(c1ccccc1)C2. The van der Waals surface area contributed by atoms with Gasteiger partial charge in [-0.1, -0.05) is 30.3 Å². The number of rotatable bonds is 6. The number of hydrogen-bond acceptors (Lipinski definition) is 4. The van der Waals surface area contributed by atoms with Gasteiger partial charge < -0.3 is 14.5 Å². The molecule has 0 bridgehead atoms. The summed E-state index contributed by atoms with van der Waals surface area (Å²) >= 11 is 0. The number of Topliss-reactive ketones (excluding diaryl/α,β-unsaturated/α-hetero) is 1. The molecular formula is C21H25NO4. The Bertz CT molecular complexity index is 792. The number of carbonyl (C=O) groups is 2. The van der Waals surface area contributed by atoms with E-state index in [9.17, 15) is 9.59 Å². The minimum absolute atomic E-state index is 0.0797. The summed E-state index contributed by atoms with van der Waals surface area (Å²) in [7, 11) is 0. The summed E-state index contributed by atoms with van der Waals surface area (Å²) in [6, 6.07) is 10.0. The molecule has 3 rings (SSSR count). The molecule has 1 N–H and O–H groups in total. The molecule has 0 spiro atoms. The predicted molar refractivity (Wildman–Crippen MR) is 98.7 cm³/mol. The fourth-order valence-electron chi connectivity index (χ4n) is 3.49. The van der Waals surface area contributed by atoms with Crippen molar-refractivity contribution in [2.24, 2.45) is 0 Å². The second kappa shape index (κ2) is 7.87. The van der Waals surface area contributed by atoms with Crippen LogP contribution in [0.5, 0.6) is 0 Å². The topological polar surface area (TPSA) is 68.4 Å². The first-order chi connectivity index (χ1) is 12.5. The number of esters is 1. The summed E-state index contributed by atoms with van der Waals surface area (Å²) in [4.78, 5) is 28.2. The molecule has 5 nitrogen and oxygen atoms in total. The van der Waals surface area contributed by atoms with Crippen molar-refractivity contribution in [2.75, 3.05) is 13.2 Å². The summed E-state index contributed by atoms with van der Waals surface area (Å²) in [5, 5.41) is 0. The Hall–Kier alpha value is -2.40. The molecule has 1 aliphatic carbocycles. The van der Waals surface area contributed by atoms with Crippen molar-refractivity contribution >= 4 is 11.8 Å². The average Bonchev–Trinajstić information content (AvgIpc) is 2.96. The van der Waals surface area contributed by atoms with Gasteiger partial charge in [0.25, 0.3) is 0 Å². The quantitative estimate of drug-likeness (QED) is 0.632. The Labute approximate surface area is 153 Å². The van der Waals surface area contributed by atoms with E-state index in [1.807, 2.05) is 44.2 Å². The van der Waals surface area contributed by atoms with Crippen LogP contribution in [0.25, 0.3) is 0 Å². The molecule has 0 saturated carbocycles. The third kappa shape index (κ3) is 3.88. The molecule has 1 aromatic heterocycles. The number of nitrogens with one attached hydrogen (secondary N) is 1. The van der Waals surface area contributed by atoms with Crippen LogP contribution in [0.1, 0.15) is 63.9 Å². The lowest BCUT2D eigenvalue weighted by atomic mass is 9.81. The van der Waals surface area contributed by atoms with Crippen LogP contribution < -0.4 is 0 Å². The van der Waals surface area contributed by atoms with Gasteiger partial charge in [-0.25, -0.2) is 4.79 Å². The number of hydrogen-bond donors (Lipinski definition) is 1. The molecule has 138 valence electrons. The van der Waals surface area contributed by atoms with E-state index in [4.69, 9.17) is 9.47 Å². The number of carbonyl (C=O) groups excluding carboxylic acids is 2. The smallest absolute Gasteiger partial charge is 0.355 e. The van der Waals surface area contributed by atoms with E-state index in [0.29, 0.717) is 29.8 Å².